The smallest absolute Gasteiger partial charge is 0.339 e. The fourth-order valence-electron chi connectivity index (χ4n) is 3.73. The zero-order valence-corrected chi connectivity index (χ0v) is 13.9. The summed E-state index contributed by atoms with van der Waals surface area (Å²) in [7, 11) is 1.49. The molecule has 1 spiro atoms. The number of ether oxygens (including phenoxy) is 2. The van der Waals surface area contributed by atoms with Gasteiger partial charge < -0.3 is 14.4 Å². The van der Waals surface area contributed by atoms with Gasteiger partial charge in [0.1, 0.15) is 5.56 Å². The quantitative estimate of drug-likeness (QED) is 0.787. The van der Waals surface area contributed by atoms with Gasteiger partial charge in [-0.3, -0.25) is 4.79 Å². The number of carbonyl (C=O) groups is 2. The van der Waals surface area contributed by atoms with Gasteiger partial charge in [-0.1, -0.05) is 18.2 Å². The molecule has 0 bridgehead atoms. The Bertz CT molecular complexity index is 851. The van der Waals surface area contributed by atoms with E-state index in [1.165, 1.54) is 7.11 Å². The molecule has 0 unspecified atom stereocenters. The largest absolute Gasteiger partial charge is 0.480 e. The van der Waals surface area contributed by atoms with Crippen molar-refractivity contribution in [3.05, 3.63) is 59.3 Å². The molecule has 1 aromatic heterocycles. The van der Waals surface area contributed by atoms with Crippen molar-refractivity contribution in [2.24, 2.45) is 0 Å². The minimum Gasteiger partial charge on any atom is -0.480 e. The van der Waals surface area contributed by atoms with Gasteiger partial charge in [-0.05, 0) is 31.0 Å². The van der Waals surface area contributed by atoms with Gasteiger partial charge in [0.25, 0.3) is 5.91 Å². The lowest BCUT2D eigenvalue weighted by Crippen LogP contribution is -2.48. The number of rotatable bonds is 2. The lowest BCUT2D eigenvalue weighted by Gasteiger charge is -2.39. The highest BCUT2D eigenvalue weighted by Gasteiger charge is 2.48. The molecule has 2 aliphatic heterocycles. The molecule has 6 heteroatoms. The second-order valence-corrected chi connectivity index (χ2v) is 6.32. The van der Waals surface area contributed by atoms with Gasteiger partial charge >= 0.3 is 5.97 Å². The molecule has 2 aliphatic rings. The van der Waals surface area contributed by atoms with E-state index >= 15 is 0 Å². The summed E-state index contributed by atoms with van der Waals surface area (Å²) in [6.07, 6.45) is 3.06. The van der Waals surface area contributed by atoms with Crippen molar-refractivity contribution >= 4 is 11.9 Å². The van der Waals surface area contributed by atoms with Crippen molar-refractivity contribution in [1.29, 1.82) is 0 Å². The van der Waals surface area contributed by atoms with Crippen LogP contribution in [0.25, 0.3) is 0 Å². The number of likely N-dealkylation sites (tertiary alicyclic amines) is 1. The number of fused-ring (bicyclic) bond motifs is 2. The molecule has 0 aliphatic carbocycles. The standard InChI is InChI=1S/C19H18N2O4/c1-24-16-14(7-4-10-20-16)17(22)21-11-5-9-19(12-21)15-8-3-2-6-13(15)18(23)25-19/h2-4,6-8,10H,5,9,11-12H2,1H3/t19-/m1/s1. The first-order valence-corrected chi connectivity index (χ1v) is 8.26. The number of nitrogens with zero attached hydrogens (tertiary/aromatic N) is 2. The Morgan fingerprint density at radius 2 is 2.12 bits per heavy atom. The molecule has 0 radical (unpaired) electrons. The highest BCUT2D eigenvalue weighted by atomic mass is 16.6. The first-order valence-electron chi connectivity index (χ1n) is 8.26. The van der Waals surface area contributed by atoms with Crippen LogP contribution in [-0.2, 0) is 10.3 Å². The minimum absolute atomic E-state index is 0.163. The number of methoxy groups -OCH3 is 1. The SMILES string of the molecule is COc1ncccc1C(=O)N1CCC[C@]2(C1)OC(=O)c1ccccc12. The normalized spacial score (nSPS) is 21.8. The summed E-state index contributed by atoms with van der Waals surface area (Å²) in [5.41, 5.74) is 1.13. The molecule has 4 rings (SSSR count). The van der Waals surface area contributed by atoms with Crippen LogP contribution in [0.5, 0.6) is 5.88 Å². The van der Waals surface area contributed by atoms with Crippen LogP contribution in [-0.4, -0.2) is 42.0 Å². The zero-order valence-electron chi connectivity index (χ0n) is 13.9. The van der Waals surface area contributed by atoms with E-state index in [-0.39, 0.29) is 11.9 Å². The molecule has 25 heavy (non-hydrogen) atoms. The van der Waals surface area contributed by atoms with Crippen molar-refractivity contribution in [3.8, 4) is 5.88 Å². The summed E-state index contributed by atoms with van der Waals surface area (Å²) < 4.78 is 11.0. The van der Waals surface area contributed by atoms with Gasteiger partial charge in [-0.25, -0.2) is 9.78 Å². The molecule has 0 saturated carbocycles. The van der Waals surface area contributed by atoms with Crippen LogP contribution in [0.4, 0.5) is 0 Å². The molecular formula is C19H18N2O4. The number of hydrogen-bond acceptors (Lipinski definition) is 5. The first kappa shape index (κ1) is 15.6. The summed E-state index contributed by atoms with van der Waals surface area (Å²) >= 11 is 0. The lowest BCUT2D eigenvalue weighted by molar-refractivity contribution is -0.0443. The molecule has 128 valence electrons. The van der Waals surface area contributed by atoms with E-state index in [9.17, 15) is 9.59 Å². The van der Waals surface area contributed by atoms with Crippen molar-refractivity contribution < 1.29 is 19.1 Å². The number of aromatic nitrogens is 1. The Kier molecular flexibility index (Phi) is 3.67. The molecule has 1 saturated heterocycles. The van der Waals surface area contributed by atoms with Crippen LogP contribution >= 0.6 is 0 Å². The number of pyridine rings is 1. The predicted octanol–water partition coefficient (Wildman–Crippen LogP) is 2.39. The van der Waals surface area contributed by atoms with Crippen molar-refractivity contribution in [1.82, 2.24) is 9.88 Å². The molecular weight excluding hydrogens is 320 g/mol. The molecule has 1 atom stereocenters. The monoisotopic (exact) mass is 338 g/mol. The highest BCUT2D eigenvalue weighted by molar-refractivity contribution is 5.97. The average molecular weight is 338 g/mol. The van der Waals surface area contributed by atoms with Crippen LogP contribution in [0, 0.1) is 0 Å². The van der Waals surface area contributed by atoms with Crippen LogP contribution in [0.15, 0.2) is 42.6 Å². The zero-order chi connectivity index (χ0) is 17.4. The molecule has 1 fully saturated rings. The maximum absolute atomic E-state index is 13.0. The van der Waals surface area contributed by atoms with E-state index in [0.717, 1.165) is 12.0 Å². The first-order chi connectivity index (χ1) is 12.1. The number of amides is 1. The van der Waals surface area contributed by atoms with Crippen LogP contribution < -0.4 is 4.74 Å². The fourth-order valence-corrected chi connectivity index (χ4v) is 3.73. The average Bonchev–Trinajstić information content (AvgIpc) is 2.93. The summed E-state index contributed by atoms with van der Waals surface area (Å²) in [5.74, 6) is -0.177. The molecule has 1 amide bonds. The molecule has 6 nitrogen and oxygen atoms in total. The van der Waals surface area contributed by atoms with Crippen LogP contribution in [0.1, 0.15) is 39.1 Å². The fraction of sp³-hybridized carbons (Fsp3) is 0.316. The molecule has 2 aromatic rings. The van der Waals surface area contributed by atoms with Gasteiger partial charge in [0.05, 0.1) is 19.2 Å². The number of piperidine rings is 1. The summed E-state index contributed by atoms with van der Waals surface area (Å²) in [4.78, 5) is 31.0. The topological polar surface area (TPSA) is 68.7 Å². The van der Waals surface area contributed by atoms with E-state index < -0.39 is 5.60 Å². The maximum Gasteiger partial charge on any atom is 0.339 e. The van der Waals surface area contributed by atoms with E-state index in [2.05, 4.69) is 4.98 Å². The third kappa shape index (κ3) is 2.45. The predicted molar refractivity (Wildman–Crippen MR) is 89.5 cm³/mol. The van der Waals surface area contributed by atoms with Gasteiger partial charge in [-0.2, -0.15) is 0 Å². The number of hydrogen-bond donors (Lipinski definition) is 0. The summed E-state index contributed by atoms with van der Waals surface area (Å²) in [6, 6.07) is 10.8. The second-order valence-electron chi connectivity index (χ2n) is 6.32. The Morgan fingerprint density at radius 3 is 2.96 bits per heavy atom. The van der Waals surface area contributed by atoms with Gasteiger partial charge in [-0.15, -0.1) is 0 Å². The maximum atomic E-state index is 13.0. The minimum atomic E-state index is -0.753. The van der Waals surface area contributed by atoms with Crippen LogP contribution in [0.2, 0.25) is 0 Å². The second kappa shape index (κ2) is 5.88. The van der Waals surface area contributed by atoms with Crippen molar-refractivity contribution in [2.75, 3.05) is 20.2 Å². The number of carbonyl (C=O) groups excluding carboxylic acids is 2. The Balaban J connectivity index is 1.66. The highest BCUT2D eigenvalue weighted by Crippen LogP contribution is 2.43. The molecule has 0 N–H and O–H groups in total. The van der Waals surface area contributed by atoms with E-state index in [4.69, 9.17) is 9.47 Å². The third-order valence-electron chi connectivity index (χ3n) is 4.86. The third-order valence-corrected chi connectivity index (χ3v) is 4.86. The summed E-state index contributed by atoms with van der Waals surface area (Å²) in [6.45, 7) is 0.949. The van der Waals surface area contributed by atoms with Gasteiger partial charge in [0, 0.05) is 18.3 Å². The van der Waals surface area contributed by atoms with Crippen molar-refractivity contribution in [2.45, 2.75) is 18.4 Å². The van der Waals surface area contributed by atoms with Gasteiger partial charge in [0.2, 0.25) is 5.88 Å². The summed E-state index contributed by atoms with van der Waals surface area (Å²) in [5, 5.41) is 0. The number of esters is 1. The van der Waals surface area contributed by atoms with E-state index in [1.807, 2.05) is 18.2 Å². The van der Waals surface area contributed by atoms with Crippen LogP contribution in [0.3, 0.4) is 0 Å². The molecule has 1 aromatic carbocycles. The Hall–Kier alpha value is -2.89. The Labute approximate surface area is 145 Å². The Morgan fingerprint density at radius 1 is 1.28 bits per heavy atom. The molecule has 3 heterocycles. The van der Waals surface area contributed by atoms with E-state index in [0.29, 0.717) is 36.5 Å². The van der Waals surface area contributed by atoms with Crippen molar-refractivity contribution in [3.63, 3.8) is 0 Å². The van der Waals surface area contributed by atoms with Gasteiger partial charge in [0.15, 0.2) is 5.60 Å². The number of benzene rings is 1. The lowest BCUT2D eigenvalue weighted by atomic mass is 9.85. The van der Waals surface area contributed by atoms with E-state index in [1.54, 1.807) is 29.3 Å².